The largest absolute Gasteiger partial charge is 0.465 e. The van der Waals surface area contributed by atoms with Crippen molar-refractivity contribution < 1.29 is 13.9 Å². The molecule has 2 aromatic rings. The molecule has 0 amide bonds. The van der Waals surface area contributed by atoms with Crippen molar-refractivity contribution in [1.82, 2.24) is 5.43 Å². The highest BCUT2D eigenvalue weighted by atomic mass is 32.1. The first-order chi connectivity index (χ1) is 11.1. The van der Waals surface area contributed by atoms with Crippen LogP contribution in [0, 0.1) is 5.82 Å². The molecule has 0 radical (unpaired) electrons. The highest BCUT2D eigenvalue weighted by molar-refractivity contribution is 7.80. The molecule has 0 atom stereocenters. The first-order valence-corrected chi connectivity index (χ1v) is 7.03. The Morgan fingerprint density at radius 2 is 1.83 bits per heavy atom. The molecule has 0 fully saturated rings. The summed E-state index contributed by atoms with van der Waals surface area (Å²) in [5.41, 5.74) is 4.55. The number of carbonyl (C=O) groups is 1. The number of nitrogens with zero attached hydrogens (tertiary/aromatic N) is 1. The summed E-state index contributed by atoms with van der Waals surface area (Å²) < 4.78 is 17.4. The normalized spacial score (nSPS) is 10.3. The van der Waals surface area contributed by atoms with Gasteiger partial charge in [0.1, 0.15) is 5.82 Å². The number of thiocarbonyl (C=S) groups is 1. The Labute approximate surface area is 138 Å². The Kier molecular flexibility index (Phi) is 5.76. The summed E-state index contributed by atoms with van der Waals surface area (Å²) >= 11 is 5.06. The quantitative estimate of drug-likeness (QED) is 0.390. The lowest BCUT2D eigenvalue weighted by molar-refractivity contribution is 0.0600. The molecule has 0 heterocycles. The fourth-order valence-corrected chi connectivity index (χ4v) is 1.85. The van der Waals surface area contributed by atoms with E-state index in [0.717, 1.165) is 5.56 Å². The zero-order valence-corrected chi connectivity index (χ0v) is 13.1. The highest BCUT2D eigenvalue weighted by Crippen LogP contribution is 2.08. The minimum Gasteiger partial charge on any atom is -0.465 e. The van der Waals surface area contributed by atoms with Crippen molar-refractivity contribution in [3.05, 3.63) is 65.5 Å². The Balaban J connectivity index is 1.87. The van der Waals surface area contributed by atoms with Crippen molar-refractivity contribution in [3.63, 3.8) is 0 Å². The minimum atomic E-state index is -0.392. The van der Waals surface area contributed by atoms with Gasteiger partial charge >= 0.3 is 5.97 Å². The second-order valence-corrected chi connectivity index (χ2v) is 4.85. The maximum Gasteiger partial charge on any atom is 0.337 e. The Hall–Kier alpha value is -2.80. The van der Waals surface area contributed by atoms with Crippen LogP contribution >= 0.6 is 12.2 Å². The van der Waals surface area contributed by atoms with Gasteiger partial charge in [0, 0.05) is 5.69 Å². The number of halogens is 1. The van der Waals surface area contributed by atoms with E-state index in [1.54, 1.807) is 42.6 Å². The molecule has 2 rings (SSSR count). The van der Waals surface area contributed by atoms with Crippen LogP contribution in [0.3, 0.4) is 0 Å². The van der Waals surface area contributed by atoms with Crippen LogP contribution in [0.15, 0.2) is 53.6 Å². The third-order valence-electron chi connectivity index (χ3n) is 2.81. The molecule has 0 saturated carbocycles. The van der Waals surface area contributed by atoms with Crippen molar-refractivity contribution in [2.24, 2.45) is 5.10 Å². The smallest absolute Gasteiger partial charge is 0.337 e. The third-order valence-corrected chi connectivity index (χ3v) is 3.01. The highest BCUT2D eigenvalue weighted by Gasteiger charge is 2.03. The zero-order valence-electron chi connectivity index (χ0n) is 12.2. The molecule has 2 N–H and O–H groups in total. The summed E-state index contributed by atoms with van der Waals surface area (Å²) in [5, 5.41) is 7.12. The SMILES string of the molecule is COC(=O)c1ccc(/C=N/NC(=S)Nc2ccc(F)cc2)cc1. The van der Waals surface area contributed by atoms with Gasteiger partial charge in [0.2, 0.25) is 0 Å². The summed E-state index contributed by atoms with van der Waals surface area (Å²) in [7, 11) is 1.33. The number of rotatable bonds is 4. The second-order valence-electron chi connectivity index (χ2n) is 4.44. The molecule has 5 nitrogen and oxygen atoms in total. The lowest BCUT2D eigenvalue weighted by Crippen LogP contribution is -2.23. The van der Waals surface area contributed by atoms with Crippen molar-refractivity contribution in [2.75, 3.05) is 12.4 Å². The Bertz CT molecular complexity index is 715. The molecule has 0 saturated heterocycles. The van der Waals surface area contributed by atoms with Gasteiger partial charge in [-0.1, -0.05) is 12.1 Å². The molecule has 23 heavy (non-hydrogen) atoms. The molecular formula is C16H14FN3O2S. The average Bonchev–Trinajstić information content (AvgIpc) is 2.57. The molecular weight excluding hydrogens is 317 g/mol. The first kappa shape index (κ1) is 16.6. The number of ether oxygens (including phenoxy) is 1. The Morgan fingerprint density at radius 1 is 1.17 bits per heavy atom. The topological polar surface area (TPSA) is 62.7 Å². The maximum atomic E-state index is 12.8. The first-order valence-electron chi connectivity index (χ1n) is 6.62. The maximum absolute atomic E-state index is 12.8. The number of benzene rings is 2. The lowest BCUT2D eigenvalue weighted by Gasteiger charge is -2.06. The Morgan fingerprint density at radius 3 is 2.43 bits per heavy atom. The van der Waals surface area contributed by atoms with Crippen LogP contribution in [0.25, 0.3) is 0 Å². The molecule has 118 valence electrons. The number of anilines is 1. The summed E-state index contributed by atoms with van der Waals surface area (Å²) in [4.78, 5) is 11.3. The standard InChI is InChI=1S/C16H14FN3O2S/c1-22-15(21)12-4-2-11(3-5-12)10-18-20-16(23)19-14-8-6-13(17)7-9-14/h2-10H,1H3,(H2,19,20,23)/b18-10+. The second kappa shape index (κ2) is 8.00. The van der Waals surface area contributed by atoms with Gasteiger partial charge in [-0.2, -0.15) is 5.10 Å². The van der Waals surface area contributed by atoms with Crippen molar-refractivity contribution in [1.29, 1.82) is 0 Å². The van der Waals surface area contributed by atoms with Crippen LogP contribution < -0.4 is 10.7 Å². The summed E-state index contributed by atoms with van der Waals surface area (Å²) in [5.74, 6) is -0.709. The van der Waals surface area contributed by atoms with Crippen LogP contribution in [0.4, 0.5) is 10.1 Å². The van der Waals surface area contributed by atoms with E-state index in [9.17, 15) is 9.18 Å². The number of hydrogen-bond acceptors (Lipinski definition) is 4. The van der Waals surface area contributed by atoms with E-state index in [1.807, 2.05) is 0 Å². The zero-order chi connectivity index (χ0) is 16.7. The van der Waals surface area contributed by atoms with Gasteiger partial charge in [-0.05, 0) is 54.2 Å². The van der Waals surface area contributed by atoms with Gasteiger partial charge in [-0.3, -0.25) is 5.43 Å². The molecule has 7 heteroatoms. The van der Waals surface area contributed by atoms with E-state index in [2.05, 4.69) is 20.6 Å². The van der Waals surface area contributed by atoms with Gasteiger partial charge in [0.25, 0.3) is 0 Å². The van der Waals surface area contributed by atoms with E-state index in [4.69, 9.17) is 12.2 Å². The summed E-state index contributed by atoms with van der Waals surface area (Å²) in [6.07, 6.45) is 1.56. The summed E-state index contributed by atoms with van der Waals surface area (Å²) in [6.45, 7) is 0. The number of carbonyl (C=O) groups excluding carboxylic acids is 1. The van der Waals surface area contributed by atoms with Crippen LogP contribution in [-0.2, 0) is 4.74 Å². The number of esters is 1. The van der Waals surface area contributed by atoms with Gasteiger partial charge in [0.05, 0.1) is 18.9 Å². The molecule has 0 spiro atoms. The van der Waals surface area contributed by atoms with Crippen LogP contribution in [0.2, 0.25) is 0 Å². The summed E-state index contributed by atoms with van der Waals surface area (Å²) in [6, 6.07) is 12.5. The average molecular weight is 331 g/mol. The molecule has 0 aliphatic carbocycles. The van der Waals surface area contributed by atoms with Gasteiger partial charge in [-0.25, -0.2) is 9.18 Å². The van der Waals surface area contributed by atoms with E-state index < -0.39 is 5.97 Å². The van der Waals surface area contributed by atoms with Gasteiger partial charge < -0.3 is 10.1 Å². The molecule has 0 aliphatic heterocycles. The van der Waals surface area contributed by atoms with Crippen LogP contribution in [0.5, 0.6) is 0 Å². The molecule has 0 bridgehead atoms. The van der Waals surface area contributed by atoms with Crippen LogP contribution in [-0.4, -0.2) is 24.4 Å². The van der Waals surface area contributed by atoms with E-state index >= 15 is 0 Å². The van der Waals surface area contributed by atoms with Gasteiger partial charge in [0.15, 0.2) is 5.11 Å². The van der Waals surface area contributed by atoms with Gasteiger partial charge in [-0.15, -0.1) is 0 Å². The molecule has 0 aromatic heterocycles. The predicted octanol–water partition coefficient (Wildman–Crippen LogP) is 2.93. The van der Waals surface area contributed by atoms with E-state index in [-0.39, 0.29) is 10.9 Å². The molecule has 0 unspecified atom stereocenters. The number of methoxy groups -OCH3 is 1. The van der Waals surface area contributed by atoms with Crippen molar-refractivity contribution in [3.8, 4) is 0 Å². The number of nitrogens with one attached hydrogen (secondary N) is 2. The number of hydrazone groups is 1. The van der Waals surface area contributed by atoms with Crippen molar-refractivity contribution >= 4 is 35.2 Å². The van der Waals surface area contributed by atoms with E-state index in [0.29, 0.717) is 11.3 Å². The molecule has 2 aromatic carbocycles. The van der Waals surface area contributed by atoms with E-state index in [1.165, 1.54) is 19.2 Å². The van der Waals surface area contributed by atoms with Crippen LogP contribution in [0.1, 0.15) is 15.9 Å². The monoisotopic (exact) mass is 331 g/mol. The minimum absolute atomic E-state index is 0.277. The predicted molar refractivity (Wildman–Crippen MR) is 91.1 cm³/mol. The third kappa shape index (κ3) is 5.15. The van der Waals surface area contributed by atoms with Crippen molar-refractivity contribution in [2.45, 2.75) is 0 Å². The molecule has 0 aliphatic rings. The fraction of sp³-hybridized carbons (Fsp3) is 0.0625. The number of hydrogen-bond donors (Lipinski definition) is 2. The lowest BCUT2D eigenvalue weighted by atomic mass is 10.1. The fourth-order valence-electron chi connectivity index (χ4n) is 1.68.